The van der Waals surface area contributed by atoms with Gasteiger partial charge in [0.2, 0.25) is 0 Å². The van der Waals surface area contributed by atoms with E-state index < -0.39 is 33.6 Å². The summed E-state index contributed by atoms with van der Waals surface area (Å²) < 4.78 is 27.4. The van der Waals surface area contributed by atoms with E-state index in [-0.39, 0.29) is 13.2 Å². The fourth-order valence-electron chi connectivity index (χ4n) is 1.36. The largest absolute Gasteiger partial charge is 0.449 e. The predicted molar refractivity (Wildman–Crippen MR) is 75.8 cm³/mol. The molecule has 1 N–H and O–H groups in total. The van der Waals surface area contributed by atoms with Crippen LogP contribution in [-0.2, 0) is 19.4 Å². The van der Waals surface area contributed by atoms with Gasteiger partial charge < -0.3 is 10.1 Å². The van der Waals surface area contributed by atoms with Crippen LogP contribution < -0.4 is 5.32 Å². The van der Waals surface area contributed by atoms with E-state index in [1.807, 2.05) is 0 Å². The van der Waals surface area contributed by atoms with E-state index in [0.29, 0.717) is 6.42 Å². The third-order valence-electron chi connectivity index (χ3n) is 2.32. The van der Waals surface area contributed by atoms with E-state index in [1.165, 1.54) is 0 Å². The lowest BCUT2D eigenvalue weighted by Gasteiger charge is -2.20. The minimum atomic E-state index is -3.53. The van der Waals surface area contributed by atoms with Gasteiger partial charge in [0.05, 0.1) is 12.4 Å². The predicted octanol–water partition coefficient (Wildman–Crippen LogP) is 0.0315. The SMILES string of the molecule is C=CCCOC(=O)NC(CS(C)(=O)=O)C(=O)N(C#N)CC. The highest BCUT2D eigenvalue weighted by Gasteiger charge is 2.29. The van der Waals surface area contributed by atoms with Gasteiger partial charge in [-0.3, -0.25) is 4.79 Å². The van der Waals surface area contributed by atoms with Crippen molar-refractivity contribution in [3.63, 3.8) is 0 Å². The monoisotopic (exact) mass is 317 g/mol. The molecule has 1 atom stereocenters. The molecule has 0 aromatic carbocycles. The molecule has 1 unspecified atom stereocenters. The van der Waals surface area contributed by atoms with E-state index in [2.05, 4.69) is 11.9 Å². The Kier molecular flexibility index (Phi) is 8.08. The summed E-state index contributed by atoms with van der Waals surface area (Å²) in [6.45, 7) is 5.14. The molecule has 0 heterocycles. The third kappa shape index (κ3) is 7.94. The van der Waals surface area contributed by atoms with Crippen LogP contribution in [0, 0.1) is 11.5 Å². The Bertz CT molecular complexity index is 524. The fourth-order valence-corrected chi connectivity index (χ4v) is 2.19. The molecule has 0 aromatic rings. The quantitative estimate of drug-likeness (QED) is 0.292. The van der Waals surface area contributed by atoms with Crippen molar-refractivity contribution < 1.29 is 22.7 Å². The second-order valence-electron chi connectivity index (χ2n) is 4.19. The summed E-state index contributed by atoms with van der Waals surface area (Å²) >= 11 is 0. The van der Waals surface area contributed by atoms with E-state index in [9.17, 15) is 18.0 Å². The number of nitrogens with one attached hydrogen (secondary N) is 1. The van der Waals surface area contributed by atoms with Crippen molar-refractivity contribution in [2.24, 2.45) is 0 Å². The van der Waals surface area contributed by atoms with Crippen LogP contribution in [0.1, 0.15) is 13.3 Å². The van der Waals surface area contributed by atoms with Gasteiger partial charge in [0.1, 0.15) is 15.9 Å². The van der Waals surface area contributed by atoms with Gasteiger partial charge in [0, 0.05) is 12.8 Å². The van der Waals surface area contributed by atoms with Gasteiger partial charge in [-0.1, -0.05) is 6.08 Å². The van der Waals surface area contributed by atoms with Crippen LogP contribution in [0.4, 0.5) is 4.79 Å². The molecular weight excluding hydrogens is 298 g/mol. The summed E-state index contributed by atoms with van der Waals surface area (Å²) in [7, 11) is -3.53. The number of sulfone groups is 1. The second kappa shape index (κ2) is 8.97. The van der Waals surface area contributed by atoms with Gasteiger partial charge in [-0.2, -0.15) is 5.26 Å². The molecule has 0 saturated carbocycles. The Hall–Kier alpha value is -2.08. The van der Waals surface area contributed by atoms with E-state index in [0.717, 1.165) is 11.2 Å². The van der Waals surface area contributed by atoms with Crippen molar-refractivity contribution in [2.75, 3.05) is 25.2 Å². The molecule has 9 heteroatoms. The zero-order valence-electron chi connectivity index (χ0n) is 12.0. The van der Waals surface area contributed by atoms with Crippen LogP contribution in [0.15, 0.2) is 12.7 Å². The Labute approximate surface area is 124 Å². The van der Waals surface area contributed by atoms with Crippen molar-refractivity contribution in [3.8, 4) is 6.19 Å². The standard InChI is InChI=1S/C12H19N3O5S/c1-4-6-7-20-12(17)14-10(8-21(3,18)19)11(16)15(5-2)9-13/h4,10H,1,5-8H2,2-3H3,(H,14,17). The highest BCUT2D eigenvalue weighted by molar-refractivity contribution is 7.90. The molecular formula is C12H19N3O5S. The first-order valence-electron chi connectivity index (χ1n) is 6.18. The molecule has 0 saturated heterocycles. The molecule has 0 aliphatic heterocycles. The van der Waals surface area contributed by atoms with E-state index >= 15 is 0 Å². The van der Waals surface area contributed by atoms with Crippen molar-refractivity contribution >= 4 is 21.8 Å². The number of likely N-dealkylation sites (N-methyl/N-ethyl adjacent to an activating group) is 1. The highest BCUT2D eigenvalue weighted by atomic mass is 32.2. The normalized spacial score (nSPS) is 11.9. The van der Waals surface area contributed by atoms with Crippen LogP contribution in [0.25, 0.3) is 0 Å². The molecule has 0 spiro atoms. The van der Waals surface area contributed by atoms with Crippen LogP contribution in [0.2, 0.25) is 0 Å². The van der Waals surface area contributed by atoms with Gasteiger partial charge in [-0.25, -0.2) is 18.1 Å². The molecule has 0 fully saturated rings. The Morgan fingerprint density at radius 3 is 2.57 bits per heavy atom. The molecule has 0 bridgehead atoms. The van der Waals surface area contributed by atoms with E-state index in [1.54, 1.807) is 19.2 Å². The topological polar surface area (TPSA) is 117 Å². The number of carbonyl (C=O) groups excluding carboxylic acids is 2. The Balaban J connectivity index is 4.90. The van der Waals surface area contributed by atoms with Crippen LogP contribution in [-0.4, -0.2) is 56.5 Å². The molecule has 8 nitrogen and oxygen atoms in total. The first kappa shape index (κ1) is 18.9. The lowest BCUT2D eigenvalue weighted by molar-refractivity contribution is -0.129. The molecule has 0 aliphatic carbocycles. The smallest absolute Gasteiger partial charge is 0.407 e. The molecule has 2 amide bonds. The van der Waals surface area contributed by atoms with Crippen molar-refractivity contribution in [1.29, 1.82) is 5.26 Å². The number of alkyl carbamates (subject to hydrolysis) is 1. The summed E-state index contributed by atoms with van der Waals surface area (Å²) in [5.74, 6) is -1.41. The third-order valence-corrected chi connectivity index (χ3v) is 3.26. The number of nitrogens with zero attached hydrogens (tertiary/aromatic N) is 2. The maximum Gasteiger partial charge on any atom is 0.407 e. The number of hydrogen-bond donors (Lipinski definition) is 1. The molecule has 0 aliphatic rings. The first-order chi connectivity index (χ1) is 9.75. The van der Waals surface area contributed by atoms with Crippen molar-refractivity contribution in [3.05, 3.63) is 12.7 Å². The number of hydrogen-bond acceptors (Lipinski definition) is 6. The zero-order chi connectivity index (χ0) is 16.5. The van der Waals surface area contributed by atoms with Crippen LogP contribution in [0.5, 0.6) is 0 Å². The average Bonchev–Trinajstić information content (AvgIpc) is 2.38. The molecule has 0 radical (unpaired) electrons. The fraction of sp³-hybridized carbons (Fsp3) is 0.583. The maximum absolute atomic E-state index is 12.0. The Morgan fingerprint density at radius 2 is 2.14 bits per heavy atom. The minimum Gasteiger partial charge on any atom is -0.449 e. The summed E-state index contributed by atoms with van der Waals surface area (Å²) in [6.07, 6.45) is 3.61. The van der Waals surface area contributed by atoms with Gasteiger partial charge in [-0.05, 0) is 13.3 Å². The number of nitriles is 1. The second-order valence-corrected chi connectivity index (χ2v) is 6.37. The maximum atomic E-state index is 12.0. The Morgan fingerprint density at radius 1 is 1.52 bits per heavy atom. The highest BCUT2D eigenvalue weighted by Crippen LogP contribution is 2.00. The summed E-state index contributed by atoms with van der Waals surface area (Å²) in [5, 5.41) is 11.0. The molecule has 0 aromatic heterocycles. The summed E-state index contributed by atoms with van der Waals surface area (Å²) in [4.78, 5) is 24.3. The number of ether oxygens (including phenoxy) is 1. The first-order valence-corrected chi connectivity index (χ1v) is 8.24. The lowest BCUT2D eigenvalue weighted by Crippen LogP contribution is -2.50. The number of amides is 2. The van der Waals surface area contributed by atoms with Crippen LogP contribution in [0.3, 0.4) is 0 Å². The minimum absolute atomic E-state index is 0.0604. The number of carbonyl (C=O) groups is 2. The average molecular weight is 317 g/mol. The molecule has 0 rings (SSSR count). The van der Waals surface area contributed by atoms with E-state index in [4.69, 9.17) is 10.00 Å². The lowest BCUT2D eigenvalue weighted by atomic mass is 10.3. The number of rotatable bonds is 8. The van der Waals surface area contributed by atoms with Gasteiger partial charge in [0.25, 0.3) is 5.91 Å². The van der Waals surface area contributed by atoms with Gasteiger partial charge in [-0.15, -0.1) is 6.58 Å². The van der Waals surface area contributed by atoms with Gasteiger partial charge in [0.15, 0.2) is 6.19 Å². The zero-order valence-corrected chi connectivity index (χ0v) is 12.9. The summed E-state index contributed by atoms with van der Waals surface area (Å²) in [6, 6.07) is -1.36. The van der Waals surface area contributed by atoms with Crippen molar-refractivity contribution in [1.82, 2.24) is 10.2 Å². The van der Waals surface area contributed by atoms with Gasteiger partial charge >= 0.3 is 6.09 Å². The summed E-state index contributed by atoms with van der Waals surface area (Å²) in [5.41, 5.74) is 0. The van der Waals surface area contributed by atoms with Crippen LogP contribution >= 0.6 is 0 Å². The molecule has 21 heavy (non-hydrogen) atoms. The molecule has 118 valence electrons. The van der Waals surface area contributed by atoms with Crippen molar-refractivity contribution in [2.45, 2.75) is 19.4 Å².